The molecular formula is C48H58F2N14O5. The minimum Gasteiger partial charge on any atom is -0.383 e. The monoisotopic (exact) mass is 948 g/mol. The molecule has 21 heteroatoms. The number of nitrogens with one attached hydrogen (secondary N) is 2. The molecule has 8 heterocycles. The molecule has 4 N–H and O–H groups in total. The van der Waals surface area contributed by atoms with E-state index in [1.807, 2.05) is 47.6 Å². The number of piperidine rings is 3. The first-order valence-corrected chi connectivity index (χ1v) is 24.2. The number of anilines is 3. The Hall–Kier alpha value is -6.64. The molecule has 1 aliphatic carbocycles. The lowest BCUT2D eigenvalue weighted by Gasteiger charge is -2.43. The number of likely N-dealkylation sites (tertiary alicyclic amines) is 2. The largest absolute Gasteiger partial charge is 0.383 e. The molecule has 1 aromatic carbocycles. The third kappa shape index (κ3) is 9.44. The molecule has 4 saturated heterocycles. The molecule has 0 bridgehead atoms. The summed E-state index contributed by atoms with van der Waals surface area (Å²) < 4.78 is 38.4. The van der Waals surface area contributed by atoms with Crippen LogP contribution in [0, 0.1) is 11.6 Å². The van der Waals surface area contributed by atoms with E-state index in [4.69, 9.17) is 25.3 Å². The Morgan fingerprint density at radius 3 is 2.06 bits per heavy atom. The number of amides is 4. The van der Waals surface area contributed by atoms with Gasteiger partial charge in [-0.15, -0.1) is 0 Å². The topological polar surface area (TPSA) is 227 Å². The van der Waals surface area contributed by atoms with Crippen LogP contribution >= 0.6 is 0 Å². The van der Waals surface area contributed by atoms with Crippen LogP contribution in [-0.2, 0) is 24.7 Å². The first-order valence-electron chi connectivity index (χ1n) is 24.2. The van der Waals surface area contributed by atoms with Gasteiger partial charge in [-0.2, -0.15) is 5.10 Å². The van der Waals surface area contributed by atoms with Gasteiger partial charge in [0.15, 0.2) is 28.9 Å². The number of nitrogen functional groups attached to an aromatic ring is 1. The number of nitrogens with two attached hydrogens (primary N) is 1. The number of carbonyl (C=O) groups excluding carboxylic acids is 4. The van der Waals surface area contributed by atoms with Crippen molar-refractivity contribution < 1.29 is 32.5 Å². The maximum absolute atomic E-state index is 15.3. The molecule has 1 saturated carbocycles. The molecule has 364 valence electrons. The van der Waals surface area contributed by atoms with E-state index in [-0.39, 0.29) is 72.7 Å². The van der Waals surface area contributed by atoms with E-state index < -0.39 is 29.1 Å². The van der Waals surface area contributed by atoms with Crippen molar-refractivity contribution in [2.24, 2.45) is 0 Å². The Balaban J connectivity index is 0.681. The number of nitrogens with zero attached hydrogens (tertiary/aromatic N) is 11. The number of carbonyl (C=O) groups is 4. The minimum atomic E-state index is -0.745. The Morgan fingerprint density at radius 1 is 0.812 bits per heavy atom. The van der Waals surface area contributed by atoms with E-state index in [0.29, 0.717) is 92.0 Å². The second-order valence-corrected chi connectivity index (χ2v) is 20.0. The van der Waals surface area contributed by atoms with Crippen LogP contribution in [0.25, 0.3) is 33.8 Å². The number of piperazine rings is 1. The molecule has 5 aromatic rings. The molecule has 4 amide bonds. The highest BCUT2D eigenvalue weighted by atomic mass is 19.1. The van der Waals surface area contributed by atoms with Gasteiger partial charge in [0.25, 0.3) is 0 Å². The molecular weight excluding hydrogens is 891 g/mol. The summed E-state index contributed by atoms with van der Waals surface area (Å²) in [5.74, 6) is -0.433. The molecule has 0 spiro atoms. The van der Waals surface area contributed by atoms with Gasteiger partial charge in [-0.05, 0) is 89.3 Å². The SMILES string of the molecule is CC(C)(C)n1nc(-c2noc(C3CC3)c2-c2ncc(C3CCN(C(=O)CCC(=O)N4CCC(N5CCN(c6c(F)cc(N[C@H]7CCC(=O)NC7=O)cc6F)CC5)CC4)CC3)cn2)c2c(N)ncnc21. The van der Waals surface area contributed by atoms with Gasteiger partial charge in [-0.3, -0.25) is 29.4 Å². The summed E-state index contributed by atoms with van der Waals surface area (Å²) in [5.41, 5.74) is 9.39. The second kappa shape index (κ2) is 18.7. The van der Waals surface area contributed by atoms with Crippen molar-refractivity contribution in [2.45, 2.75) is 114 Å². The van der Waals surface area contributed by atoms with Crippen molar-refractivity contribution in [3.63, 3.8) is 0 Å². The fourth-order valence-electron chi connectivity index (χ4n) is 10.4. The van der Waals surface area contributed by atoms with Crippen molar-refractivity contribution in [3.05, 3.63) is 53.8 Å². The average Bonchev–Trinajstić information content (AvgIpc) is 3.96. The number of imide groups is 1. The van der Waals surface area contributed by atoms with Crippen LogP contribution in [0.2, 0.25) is 0 Å². The standard InChI is InChI=1S/C48H58F2N14O5/c1-48(2,3)64-46-39(44(51)54-26-55-46)40(58-64)41-38(43(69-59-41)28-4-5-28)45-52-24-29(25-53-45)27-10-14-61(15-11-27)36(66)8-9-37(67)62-16-12-31(13-17-62)60-18-20-63(21-19-60)42-32(49)22-30(23-33(42)50)56-34-6-7-35(65)57-47(34)68/h22-28,31,34,56H,4-21H2,1-3H3,(H2,51,54,55)(H,57,65,68)/t34-/m0/s1. The molecule has 4 aliphatic heterocycles. The minimum absolute atomic E-state index is 0.0192. The van der Waals surface area contributed by atoms with E-state index in [9.17, 15) is 19.2 Å². The van der Waals surface area contributed by atoms with Crippen LogP contribution in [0.4, 0.5) is 26.0 Å². The van der Waals surface area contributed by atoms with Crippen LogP contribution in [0.1, 0.15) is 108 Å². The zero-order chi connectivity index (χ0) is 48.1. The van der Waals surface area contributed by atoms with E-state index in [1.54, 1.807) is 4.90 Å². The summed E-state index contributed by atoms with van der Waals surface area (Å²) >= 11 is 0. The maximum atomic E-state index is 15.3. The Bertz CT molecular complexity index is 2740. The second-order valence-electron chi connectivity index (χ2n) is 20.0. The number of fused-ring (bicyclic) bond motifs is 1. The quantitative estimate of drug-likeness (QED) is 0.149. The molecule has 0 unspecified atom stereocenters. The smallest absolute Gasteiger partial charge is 0.249 e. The van der Waals surface area contributed by atoms with E-state index in [0.717, 1.165) is 49.8 Å². The number of hydrogen-bond acceptors (Lipinski definition) is 15. The van der Waals surface area contributed by atoms with Crippen LogP contribution in [0.3, 0.4) is 0 Å². The lowest BCUT2D eigenvalue weighted by molar-refractivity contribution is -0.138. The molecule has 69 heavy (non-hydrogen) atoms. The van der Waals surface area contributed by atoms with Gasteiger partial charge in [0.1, 0.15) is 35.3 Å². The average molecular weight is 949 g/mol. The highest BCUT2D eigenvalue weighted by molar-refractivity contribution is 6.02. The highest BCUT2D eigenvalue weighted by Gasteiger charge is 2.38. The predicted octanol–water partition coefficient (Wildman–Crippen LogP) is 4.95. The fourth-order valence-corrected chi connectivity index (χ4v) is 10.4. The van der Waals surface area contributed by atoms with Crippen molar-refractivity contribution >= 4 is 51.9 Å². The van der Waals surface area contributed by atoms with Crippen molar-refractivity contribution in [3.8, 4) is 22.8 Å². The lowest BCUT2D eigenvalue weighted by atomic mass is 9.91. The number of halogens is 2. The van der Waals surface area contributed by atoms with Crippen LogP contribution in [0.5, 0.6) is 0 Å². The third-order valence-electron chi connectivity index (χ3n) is 14.3. The van der Waals surface area contributed by atoms with Gasteiger partial charge >= 0.3 is 0 Å². The Labute approximate surface area is 397 Å². The number of aromatic nitrogens is 7. The van der Waals surface area contributed by atoms with Gasteiger partial charge in [-0.1, -0.05) is 5.16 Å². The first kappa shape index (κ1) is 46.1. The maximum Gasteiger partial charge on any atom is 0.249 e. The summed E-state index contributed by atoms with van der Waals surface area (Å²) in [6.45, 7) is 10.6. The summed E-state index contributed by atoms with van der Waals surface area (Å²) in [4.78, 5) is 76.5. The van der Waals surface area contributed by atoms with Crippen molar-refractivity contribution in [1.29, 1.82) is 0 Å². The van der Waals surface area contributed by atoms with Gasteiger partial charge in [0, 0.05) is 102 Å². The summed E-state index contributed by atoms with van der Waals surface area (Å²) in [7, 11) is 0. The highest BCUT2D eigenvalue weighted by Crippen LogP contribution is 2.48. The zero-order valence-corrected chi connectivity index (χ0v) is 39.2. The molecule has 0 radical (unpaired) electrons. The first-order chi connectivity index (χ1) is 33.2. The van der Waals surface area contributed by atoms with Gasteiger partial charge in [-0.25, -0.2) is 33.4 Å². The normalized spacial score (nSPS) is 20.2. The van der Waals surface area contributed by atoms with Gasteiger partial charge in [0.05, 0.1) is 16.5 Å². The number of rotatable bonds is 11. The number of benzene rings is 1. The third-order valence-corrected chi connectivity index (χ3v) is 14.3. The Morgan fingerprint density at radius 2 is 1.45 bits per heavy atom. The summed E-state index contributed by atoms with van der Waals surface area (Å²) in [5, 5.41) is 15.1. The molecule has 4 aromatic heterocycles. The Kier molecular flexibility index (Phi) is 12.5. The van der Waals surface area contributed by atoms with E-state index in [2.05, 4.69) is 30.7 Å². The zero-order valence-electron chi connectivity index (χ0n) is 39.2. The van der Waals surface area contributed by atoms with E-state index >= 15 is 8.78 Å². The van der Waals surface area contributed by atoms with Gasteiger partial charge in [0.2, 0.25) is 23.6 Å². The molecule has 1 atom stereocenters. The molecule has 10 rings (SSSR count). The number of hydrogen-bond donors (Lipinski definition) is 3. The van der Waals surface area contributed by atoms with Crippen molar-refractivity contribution in [1.82, 2.24) is 54.9 Å². The lowest BCUT2D eigenvalue weighted by Crippen LogP contribution is -2.54. The van der Waals surface area contributed by atoms with Crippen molar-refractivity contribution in [2.75, 3.05) is 68.3 Å². The summed E-state index contributed by atoms with van der Waals surface area (Å²) in [6.07, 6.45) is 10.9. The van der Waals surface area contributed by atoms with Crippen LogP contribution in [-0.4, -0.2) is 138 Å². The van der Waals surface area contributed by atoms with E-state index in [1.165, 1.54) is 18.5 Å². The fraction of sp³-hybridized carbons (Fsp3) is 0.542. The molecule has 19 nitrogen and oxygen atoms in total. The predicted molar refractivity (Wildman–Crippen MR) is 251 cm³/mol. The molecule has 5 aliphatic rings. The molecule has 5 fully saturated rings. The summed E-state index contributed by atoms with van der Waals surface area (Å²) in [6, 6.07) is 1.88. The van der Waals surface area contributed by atoms with Crippen LogP contribution in [0.15, 0.2) is 35.4 Å². The van der Waals surface area contributed by atoms with Crippen LogP contribution < -0.4 is 21.3 Å². The van der Waals surface area contributed by atoms with Gasteiger partial charge < -0.3 is 30.3 Å².